The smallest absolute Gasteiger partial charge is 0.151 e. The first-order chi connectivity index (χ1) is 4.74. The molecule has 1 aliphatic heterocycles. The topological polar surface area (TPSA) is 29.1 Å². The molecule has 10 heavy (non-hydrogen) atoms. The second-order valence-electron chi connectivity index (χ2n) is 1.82. The van der Waals surface area contributed by atoms with Crippen LogP contribution in [0, 0.1) is 0 Å². The van der Waals surface area contributed by atoms with E-state index >= 15 is 0 Å². The average Bonchev–Trinajstić information content (AvgIpc) is 1.95. The van der Waals surface area contributed by atoms with Crippen molar-refractivity contribution in [2.45, 2.75) is 5.50 Å². The van der Waals surface area contributed by atoms with Gasteiger partial charge in [0, 0.05) is 11.8 Å². The van der Waals surface area contributed by atoms with Crippen LogP contribution in [-0.2, 0) is 4.79 Å². The number of dihydropyridines is 1. The van der Waals surface area contributed by atoms with Crippen LogP contribution in [-0.4, -0.2) is 11.8 Å². The maximum atomic E-state index is 10.2. The van der Waals surface area contributed by atoms with Crippen LogP contribution in [0.3, 0.4) is 0 Å². The number of alkyl halides is 1. The van der Waals surface area contributed by atoms with Crippen LogP contribution in [0.5, 0.6) is 0 Å². The fraction of sp³-hybridized carbons (Fsp3) is 0.167. The van der Waals surface area contributed by atoms with Crippen LogP contribution in [0.4, 0.5) is 0 Å². The molecule has 1 rings (SSSR count). The highest BCUT2D eigenvalue weighted by molar-refractivity contribution is 6.37. The minimum atomic E-state index is -0.398. The van der Waals surface area contributed by atoms with Crippen molar-refractivity contribution in [2.75, 3.05) is 0 Å². The lowest BCUT2D eigenvalue weighted by Gasteiger charge is -2.12. The fourth-order valence-corrected chi connectivity index (χ4v) is 0.906. The summed E-state index contributed by atoms with van der Waals surface area (Å²) in [6.07, 6.45) is 3.76. The third kappa shape index (κ3) is 1.52. The van der Waals surface area contributed by atoms with Crippen LogP contribution in [0.1, 0.15) is 0 Å². The van der Waals surface area contributed by atoms with Crippen molar-refractivity contribution in [1.29, 1.82) is 0 Å². The summed E-state index contributed by atoms with van der Waals surface area (Å²) in [6.45, 7) is 0. The number of carbonyl (C=O) groups excluding carboxylic acids is 1. The van der Waals surface area contributed by atoms with Crippen molar-refractivity contribution in [3.63, 3.8) is 0 Å². The number of rotatable bonds is 1. The number of hydrogen-bond acceptors (Lipinski definition) is 2. The second-order valence-corrected chi connectivity index (χ2v) is 2.69. The lowest BCUT2D eigenvalue weighted by atomic mass is 10.2. The molecular weight excluding hydrogens is 173 g/mol. The largest absolute Gasteiger partial charge is 0.370 e. The fourth-order valence-electron chi connectivity index (χ4n) is 0.591. The molecule has 0 unspecified atom stereocenters. The lowest BCUT2D eigenvalue weighted by Crippen LogP contribution is -2.21. The first-order valence-corrected chi connectivity index (χ1v) is 3.48. The van der Waals surface area contributed by atoms with Gasteiger partial charge in [-0.3, -0.25) is 4.79 Å². The minimum absolute atomic E-state index is 0.398. The van der Waals surface area contributed by atoms with Gasteiger partial charge in [-0.15, -0.1) is 0 Å². The summed E-state index contributed by atoms with van der Waals surface area (Å²) in [5, 5.41) is 3.14. The van der Waals surface area contributed by atoms with Crippen LogP contribution in [0.25, 0.3) is 0 Å². The van der Waals surface area contributed by atoms with E-state index in [1.54, 1.807) is 0 Å². The van der Waals surface area contributed by atoms with Gasteiger partial charge >= 0.3 is 0 Å². The van der Waals surface area contributed by atoms with Crippen LogP contribution in [0.15, 0.2) is 22.9 Å². The lowest BCUT2D eigenvalue weighted by molar-refractivity contribution is -0.104. The number of halogens is 2. The summed E-state index contributed by atoms with van der Waals surface area (Å²) in [7, 11) is 0. The van der Waals surface area contributed by atoms with Gasteiger partial charge < -0.3 is 5.32 Å². The molecule has 1 N–H and O–H groups in total. The van der Waals surface area contributed by atoms with E-state index in [2.05, 4.69) is 5.32 Å². The van der Waals surface area contributed by atoms with E-state index in [9.17, 15) is 4.79 Å². The highest BCUT2D eigenvalue weighted by Crippen LogP contribution is 2.17. The molecule has 54 valence electrons. The van der Waals surface area contributed by atoms with Crippen LogP contribution < -0.4 is 5.32 Å². The molecule has 0 saturated heterocycles. The molecule has 0 bridgehead atoms. The molecule has 1 atom stereocenters. The summed E-state index contributed by atoms with van der Waals surface area (Å²) in [5.74, 6) is 0. The van der Waals surface area contributed by atoms with Crippen molar-refractivity contribution >= 4 is 29.5 Å². The Hall–Kier alpha value is -0.470. The summed E-state index contributed by atoms with van der Waals surface area (Å²) < 4.78 is 0. The standard InChI is InChI=1S/C6H5Cl2NO/c7-5-1-4(3-10)2-9-6(5)8/h1-3,6,9H/t6-/m1/s1. The van der Waals surface area contributed by atoms with E-state index in [1.165, 1.54) is 12.3 Å². The third-order valence-corrected chi connectivity index (χ3v) is 1.88. The minimum Gasteiger partial charge on any atom is -0.370 e. The van der Waals surface area contributed by atoms with E-state index in [0.717, 1.165) is 0 Å². The molecule has 0 aliphatic carbocycles. The van der Waals surface area contributed by atoms with Gasteiger partial charge in [0.05, 0.1) is 5.03 Å². The van der Waals surface area contributed by atoms with Crippen molar-refractivity contribution in [2.24, 2.45) is 0 Å². The molecular formula is C6H5Cl2NO. The van der Waals surface area contributed by atoms with E-state index in [-0.39, 0.29) is 0 Å². The van der Waals surface area contributed by atoms with Crippen molar-refractivity contribution in [3.8, 4) is 0 Å². The van der Waals surface area contributed by atoms with Gasteiger partial charge in [0.1, 0.15) is 5.50 Å². The Kier molecular flexibility index (Phi) is 2.35. The molecule has 0 saturated carbocycles. The summed E-state index contributed by atoms with van der Waals surface area (Å²) >= 11 is 11.2. The van der Waals surface area contributed by atoms with Crippen molar-refractivity contribution < 1.29 is 4.79 Å². The third-order valence-electron chi connectivity index (χ3n) is 1.08. The van der Waals surface area contributed by atoms with Crippen molar-refractivity contribution in [3.05, 3.63) is 22.9 Å². The predicted molar refractivity (Wildman–Crippen MR) is 40.9 cm³/mol. The van der Waals surface area contributed by atoms with Gasteiger partial charge in [0.25, 0.3) is 0 Å². The van der Waals surface area contributed by atoms with E-state index in [4.69, 9.17) is 23.2 Å². The monoisotopic (exact) mass is 177 g/mol. The molecule has 0 aromatic carbocycles. The Morgan fingerprint density at radius 2 is 2.40 bits per heavy atom. The maximum absolute atomic E-state index is 10.2. The Morgan fingerprint density at radius 1 is 1.70 bits per heavy atom. The van der Waals surface area contributed by atoms with Crippen molar-refractivity contribution in [1.82, 2.24) is 5.32 Å². The van der Waals surface area contributed by atoms with Gasteiger partial charge in [-0.2, -0.15) is 0 Å². The van der Waals surface area contributed by atoms with Gasteiger partial charge in [-0.1, -0.05) is 23.2 Å². The Balaban J connectivity index is 2.78. The average molecular weight is 178 g/mol. The maximum Gasteiger partial charge on any atom is 0.151 e. The molecule has 0 fully saturated rings. The number of hydrogen-bond donors (Lipinski definition) is 1. The van der Waals surface area contributed by atoms with Gasteiger partial charge in [0.15, 0.2) is 6.29 Å². The SMILES string of the molecule is O=CC1=CN[C@@H](Cl)C(Cl)=C1. The first-order valence-electron chi connectivity index (χ1n) is 2.66. The van der Waals surface area contributed by atoms with Gasteiger partial charge in [0.2, 0.25) is 0 Å². The first kappa shape index (κ1) is 7.63. The predicted octanol–water partition coefficient (Wildman–Crippen LogP) is 1.36. The highest BCUT2D eigenvalue weighted by atomic mass is 35.5. The zero-order valence-electron chi connectivity index (χ0n) is 4.97. The zero-order chi connectivity index (χ0) is 7.56. The molecule has 1 heterocycles. The summed E-state index contributed by atoms with van der Waals surface area (Å²) in [4.78, 5) is 10.2. The van der Waals surface area contributed by atoms with E-state index in [1.807, 2.05) is 0 Å². The summed E-state index contributed by atoms with van der Waals surface area (Å²) in [6, 6.07) is 0. The molecule has 0 radical (unpaired) electrons. The van der Waals surface area contributed by atoms with Crippen LogP contribution in [0.2, 0.25) is 0 Å². The zero-order valence-corrected chi connectivity index (χ0v) is 6.49. The molecule has 0 aromatic rings. The number of carbonyl (C=O) groups is 1. The van der Waals surface area contributed by atoms with Gasteiger partial charge in [-0.25, -0.2) is 0 Å². The molecule has 0 amide bonds. The van der Waals surface area contributed by atoms with E-state index in [0.29, 0.717) is 16.9 Å². The number of nitrogens with one attached hydrogen (secondary N) is 1. The second kappa shape index (κ2) is 3.08. The van der Waals surface area contributed by atoms with E-state index < -0.39 is 5.50 Å². The summed E-state index contributed by atoms with van der Waals surface area (Å²) in [5.41, 5.74) is 0.104. The normalized spacial score (nSPS) is 24.4. The Morgan fingerprint density at radius 3 is 2.90 bits per heavy atom. The molecule has 2 nitrogen and oxygen atoms in total. The quantitative estimate of drug-likeness (QED) is 0.373. The molecule has 4 heteroatoms. The Bertz CT molecular complexity index is 210. The van der Waals surface area contributed by atoms with Gasteiger partial charge in [-0.05, 0) is 6.08 Å². The van der Waals surface area contributed by atoms with Crippen LogP contribution >= 0.6 is 23.2 Å². The molecule has 1 aliphatic rings. The molecule has 0 spiro atoms. The number of aldehydes is 1. The number of allylic oxidation sites excluding steroid dienone is 2. The Labute approximate surface area is 68.5 Å². The highest BCUT2D eigenvalue weighted by Gasteiger charge is 2.11. The molecule has 0 aromatic heterocycles.